The third-order valence-corrected chi connectivity index (χ3v) is 3.08. The van der Waals surface area contributed by atoms with Gasteiger partial charge in [0.2, 0.25) is 0 Å². The van der Waals surface area contributed by atoms with Crippen LogP contribution in [0, 0.1) is 0 Å². The highest BCUT2D eigenvalue weighted by atomic mass is 16.6. The number of hydrogen-bond donors (Lipinski definition) is 2. The van der Waals surface area contributed by atoms with Gasteiger partial charge < -0.3 is 20.5 Å². The summed E-state index contributed by atoms with van der Waals surface area (Å²) in [5.41, 5.74) is 7.68. The van der Waals surface area contributed by atoms with Crippen molar-refractivity contribution >= 4 is 11.8 Å². The van der Waals surface area contributed by atoms with Crippen molar-refractivity contribution in [2.75, 3.05) is 12.3 Å². The number of aromatic hydroxyl groups is 1. The molecule has 0 bridgehead atoms. The van der Waals surface area contributed by atoms with Gasteiger partial charge >= 0.3 is 6.09 Å². The van der Waals surface area contributed by atoms with E-state index in [2.05, 4.69) is 0 Å². The highest BCUT2D eigenvalue weighted by Gasteiger charge is 2.27. The minimum Gasteiger partial charge on any atom is -0.508 e. The molecule has 0 aromatic heterocycles. The van der Waals surface area contributed by atoms with Crippen molar-refractivity contribution < 1.29 is 14.6 Å². The van der Waals surface area contributed by atoms with E-state index in [1.807, 2.05) is 20.8 Å². The number of benzene rings is 1. The maximum atomic E-state index is 12.0. The van der Waals surface area contributed by atoms with Gasteiger partial charge in [0.15, 0.2) is 0 Å². The molecule has 5 heteroatoms. The Morgan fingerprint density at radius 2 is 2.05 bits per heavy atom. The molecule has 1 aliphatic heterocycles. The zero-order valence-electron chi connectivity index (χ0n) is 11.6. The number of fused-ring (bicyclic) bond motifs is 1. The molecule has 3 N–H and O–H groups in total. The molecule has 0 aliphatic carbocycles. The molecule has 1 heterocycles. The molecule has 2 rings (SSSR count). The monoisotopic (exact) mass is 264 g/mol. The first kappa shape index (κ1) is 13.5. The summed E-state index contributed by atoms with van der Waals surface area (Å²) in [6.07, 6.45) is 0.273. The van der Waals surface area contributed by atoms with Gasteiger partial charge in [-0.1, -0.05) is 0 Å². The molecule has 1 aromatic carbocycles. The largest absolute Gasteiger partial charge is 0.508 e. The van der Waals surface area contributed by atoms with E-state index in [0.717, 1.165) is 11.1 Å². The van der Waals surface area contributed by atoms with Crippen LogP contribution in [0.15, 0.2) is 12.1 Å². The van der Waals surface area contributed by atoms with Crippen molar-refractivity contribution in [3.05, 3.63) is 23.3 Å². The lowest BCUT2D eigenvalue weighted by Gasteiger charge is -2.32. The van der Waals surface area contributed by atoms with Crippen molar-refractivity contribution in [2.24, 2.45) is 0 Å². The Hall–Kier alpha value is -1.91. The molecule has 5 nitrogen and oxygen atoms in total. The Balaban J connectivity index is 2.18. The van der Waals surface area contributed by atoms with Crippen molar-refractivity contribution in [2.45, 2.75) is 39.3 Å². The van der Waals surface area contributed by atoms with Gasteiger partial charge in [0, 0.05) is 17.8 Å². The number of anilines is 1. The normalized spacial score (nSPS) is 15.0. The first-order chi connectivity index (χ1) is 8.78. The number of nitrogen functional groups attached to an aromatic ring is 1. The summed E-state index contributed by atoms with van der Waals surface area (Å²) in [6.45, 7) is 6.38. The Kier molecular flexibility index (Phi) is 3.30. The van der Waals surface area contributed by atoms with E-state index in [1.54, 1.807) is 17.0 Å². The van der Waals surface area contributed by atoms with Gasteiger partial charge in [0.25, 0.3) is 0 Å². The van der Waals surface area contributed by atoms with Gasteiger partial charge in [-0.25, -0.2) is 4.79 Å². The van der Waals surface area contributed by atoms with Gasteiger partial charge in [-0.2, -0.15) is 0 Å². The Morgan fingerprint density at radius 1 is 1.37 bits per heavy atom. The molecule has 0 unspecified atom stereocenters. The maximum Gasteiger partial charge on any atom is 0.410 e. The molecule has 0 spiro atoms. The average Bonchev–Trinajstić information content (AvgIpc) is 2.31. The number of carbonyl (C=O) groups excluding carboxylic acids is 1. The van der Waals surface area contributed by atoms with E-state index in [9.17, 15) is 9.90 Å². The number of nitrogens with two attached hydrogens (primary N) is 1. The second-order valence-corrected chi connectivity index (χ2v) is 5.78. The number of nitrogens with zero attached hydrogens (tertiary/aromatic N) is 1. The van der Waals surface area contributed by atoms with Crippen LogP contribution in [-0.2, 0) is 17.7 Å². The van der Waals surface area contributed by atoms with Crippen molar-refractivity contribution in [3.8, 4) is 5.75 Å². The Morgan fingerprint density at radius 3 is 2.68 bits per heavy atom. The summed E-state index contributed by atoms with van der Waals surface area (Å²) in [4.78, 5) is 13.6. The van der Waals surface area contributed by atoms with Gasteiger partial charge in [-0.3, -0.25) is 0 Å². The van der Waals surface area contributed by atoms with Gasteiger partial charge in [-0.05, 0) is 44.9 Å². The van der Waals surface area contributed by atoms with Crippen LogP contribution in [0.1, 0.15) is 31.9 Å². The quantitative estimate of drug-likeness (QED) is 0.556. The third kappa shape index (κ3) is 2.92. The number of hydrogen-bond acceptors (Lipinski definition) is 4. The lowest BCUT2D eigenvalue weighted by molar-refractivity contribution is 0.0223. The summed E-state index contributed by atoms with van der Waals surface area (Å²) in [5, 5.41) is 9.88. The molecule has 0 radical (unpaired) electrons. The summed E-state index contributed by atoms with van der Waals surface area (Å²) >= 11 is 0. The molecule has 0 atom stereocenters. The predicted molar refractivity (Wildman–Crippen MR) is 72.9 cm³/mol. The second-order valence-electron chi connectivity index (χ2n) is 5.78. The fourth-order valence-corrected chi connectivity index (χ4v) is 2.17. The average molecular weight is 264 g/mol. The van der Waals surface area contributed by atoms with Gasteiger partial charge in [0.05, 0.1) is 6.54 Å². The van der Waals surface area contributed by atoms with E-state index in [1.165, 1.54) is 0 Å². The molecule has 104 valence electrons. The predicted octanol–water partition coefficient (Wildman–Crippen LogP) is 2.27. The first-order valence-electron chi connectivity index (χ1n) is 6.35. The first-order valence-corrected chi connectivity index (χ1v) is 6.35. The number of amides is 1. The molecule has 1 aromatic rings. The van der Waals surface area contributed by atoms with Gasteiger partial charge in [0.1, 0.15) is 11.4 Å². The second kappa shape index (κ2) is 4.64. The highest BCUT2D eigenvalue weighted by molar-refractivity contribution is 5.70. The maximum absolute atomic E-state index is 12.0. The van der Waals surface area contributed by atoms with E-state index in [0.29, 0.717) is 25.2 Å². The Labute approximate surface area is 113 Å². The lowest BCUT2D eigenvalue weighted by Crippen LogP contribution is -2.40. The number of ether oxygens (including phenoxy) is 1. The number of phenolic OH excluding ortho intramolecular Hbond substituents is 1. The fraction of sp³-hybridized carbons (Fsp3) is 0.500. The van der Waals surface area contributed by atoms with Crippen LogP contribution in [0.25, 0.3) is 0 Å². The van der Waals surface area contributed by atoms with E-state index < -0.39 is 5.60 Å². The van der Waals surface area contributed by atoms with Crippen molar-refractivity contribution in [1.82, 2.24) is 4.90 Å². The summed E-state index contributed by atoms with van der Waals surface area (Å²) < 4.78 is 5.34. The molecular formula is C14H20N2O3. The summed E-state index contributed by atoms with van der Waals surface area (Å²) in [5.74, 6) is 0.178. The van der Waals surface area contributed by atoms with Gasteiger partial charge in [-0.15, -0.1) is 0 Å². The molecule has 1 aliphatic rings. The molecule has 19 heavy (non-hydrogen) atoms. The number of carbonyl (C=O) groups is 1. The van der Waals surface area contributed by atoms with Crippen molar-refractivity contribution in [3.63, 3.8) is 0 Å². The van der Waals surface area contributed by atoms with E-state index in [-0.39, 0.29) is 11.8 Å². The zero-order chi connectivity index (χ0) is 14.2. The molecule has 0 fully saturated rings. The SMILES string of the molecule is CC(C)(C)OC(=O)N1CCc2c(N)ccc(O)c2C1. The van der Waals surface area contributed by atoms with Crippen LogP contribution in [0.4, 0.5) is 10.5 Å². The molecule has 0 saturated carbocycles. The molecule has 0 saturated heterocycles. The van der Waals surface area contributed by atoms with Crippen LogP contribution in [0.2, 0.25) is 0 Å². The molecular weight excluding hydrogens is 244 g/mol. The Bertz CT molecular complexity index is 506. The molecule has 1 amide bonds. The minimum absolute atomic E-state index is 0.178. The van der Waals surface area contributed by atoms with Crippen LogP contribution in [-0.4, -0.2) is 28.2 Å². The highest BCUT2D eigenvalue weighted by Crippen LogP contribution is 2.31. The van der Waals surface area contributed by atoms with Crippen LogP contribution in [0.3, 0.4) is 0 Å². The smallest absolute Gasteiger partial charge is 0.410 e. The standard InChI is InChI=1S/C14H20N2O3/c1-14(2,3)19-13(18)16-7-6-9-10(8-16)12(17)5-4-11(9)15/h4-5,17H,6-8,15H2,1-3H3. The van der Waals surface area contributed by atoms with Crippen LogP contribution in [0.5, 0.6) is 5.75 Å². The summed E-state index contributed by atoms with van der Waals surface area (Å²) in [7, 11) is 0. The van der Waals surface area contributed by atoms with Crippen LogP contribution >= 0.6 is 0 Å². The van der Waals surface area contributed by atoms with E-state index >= 15 is 0 Å². The topological polar surface area (TPSA) is 75.8 Å². The minimum atomic E-state index is -0.519. The number of phenols is 1. The third-order valence-electron chi connectivity index (χ3n) is 3.08. The van der Waals surface area contributed by atoms with Crippen LogP contribution < -0.4 is 5.73 Å². The van der Waals surface area contributed by atoms with E-state index in [4.69, 9.17) is 10.5 Å². The zero-order valence-corrected chi connectivity index (χ0v) is 11.6. The summed E-state index contributed by atoms with van der Waals surface area (Å²) in [6, 6.07) is 3.25. The fourth-order valence-electron chi connectivity index (χ4n) is 2.17. The number of rotatable bonds is 0. The van der Waals surface area contributed by atoms with Crippen molar-refractivity contribution in [1.29, 1.82) is 0 Å². The lowest BCUT2D eigenvalue weighted by atomic mass is 9.97.